The maximum Gasteiger partial charge on any atom is 0.273 e. The zero-order chi connectivity index (χ0) is 21.1. The second-order valence-electron chi connectivity index (χ2n) is 7.18. The number of aromatic nitrogens is 2. The van der Waals surface area contributed by atoms with Crippen molar-refractivity contribution in [3.05, 3.63) is 70.4 Å². The van der Waals surface area contributed by atoms with Crippen LogP contribution < -0.4 is 4.74 Å². The van der Waals surface area contributed by atoms with Crippen LogP contribution in [0.15, 0.2) is 48.5 Å². The molecular formula is C23H24ClN3O3. The predicted molar refractivity (Wildman–Crippen MR) is 116 cm³/mol. The molecule has 1 aliphatic rings. The van der Waals surface area contributed by atoms with E-state index in [4.69, 9.17) is 21.1 Å². The molecule has 0 aliphatic carbocycles. The van der Waals surface area contributed by atoms with Crippen molar-refractivity contribution in [2.75, 3.05) is 26.9 Å². The van der Waals surface area contributed by atoms with Gasteiger partial charge in [0.15, 0.2) is 0 Å². The monoisotopic (exact) mass is 425 g/mol. The second kappa shape index (κ2) is 8.90. The van der Waals surface area contributed by atoms with Crippen molar-refractivity contribution in [2.24, 2.45) is 0 Å². The van der Waals surface area contributed by atoms with Crippen LogP contribution in [-0.4, -0.2) is 47.9 Å². The van der Waals surface area contributed by atoms with Crippen LogP contribution >= 0.6 is 11.6 Å². The number of benzene rings is 2. The van der Waals surface area contributed by atoms with Crippen LogP contribution in [0.5, 0.6) is 5.75 Å². The number of ether oxygens (including phenoxy) is 2. The van der Waals surface area contributed by atoms with Gasteiger partial charge in [0.05, 0.1) is 24.9 Å². The number of nitrogens with zero attached hydrogens (tertiary/aromatic N) is 2. The summed E-state index contributed by atoms with van der Waals surface area (Å²) >= 11 is 6.05. The summed E-state index contributed by atoms with van der Waals surface area (Å²) in [5.41, 5.74) is 4.06. The number of methoxy groups -OCH3 is 1. The van der Waals surface area contributed by atoms with Gasteiger partial charge in [0.2, 0.25) is 0 Å². The first-order chi connectivity index (χ1) is 14.6. The predicted octanol–water partition coefficient (Wildman–Crippen LogP) is 4.71. The minimum Gasteiger partial charge on any atom is -0.494 e. The Morgan fingerprint density at radius 3 is 2.50 bits per heavy atom. The summed E-state index contributed by atoms with van der Waals surface area (Å²) in [5, 5.41) is 8.08. The van der Waals surface area contributed by atoms with Gasteiger partial charge in [-0.25, -0.2) is 0 Å². The fourth-order valence-corrected chi connectivity index (χ4v) is 3.88. The van der Waals surface area contributed by atoms with E-state index in [-0.39, 0.29) is 11.9 Å². The fraction of sp³-hybridized carbons (Fsp3) is 0.304. The molecule has 4 rings (SSSR count). The molecule has 7 heteroatoms. The van der Waals surface area contributed by atoms with Gasteiger partial charge in [-0.15, -0.1) is 0 Å². The summed E-state index contributed by atoms with van der Waals surface area (Å²) in [6.45, 7) is 3.68. The van der Waals surface area contributed by atoms with E-state index >= 15 is 0 Å². The number of hydrogen-bond acceptors (Lipinski definition) is 4. The standard InChI is InChI=1S/C23H24ClN3O3/c1-3-13-30-18-10-6-16(7-11-18)22-19-20(15-4-8-17(24)9-5-15)25-26-21(19)23(28)27(22)12-14-29-2/h4-11,22H,3,12-14H2,1-2H3,(H,25,26). The maximum absolute atomic E-state index is 13.1. The molecule has 156 valence electrons. The number of aromatic amines is 1. The zero-order valence-corrected chi connectivity index (χ0v) is 17.8. The topological polar surface area (TPSA) is 67.5 Å². The molecule has 30 heavy (non-hydrogen) atoms. The Labute approximate surface area is 180 Å². The molecule has 1 N–H and O–H groups in total. The molecule has 0 saturated carbocycles. The first-order valence-electron chi connectivity index (χ1n) is 10.0. The van der Waals surface area contributed by atoms with Crippen molar-refractivity contribution in [1.29, 1.82) is 0 Å². The lowest BCUT2D eigenvalue weighted by atomic mass is 9.96. The smallest absolute Gasteiger partial charge is 0.273 e. The molecule has 3 aromatic rings. The second-order valence-corrected chi connectivity index (χ2v) is 7.62. The molecule has 2 heterocycles. The minimum atomic E-state index is -0.257. The number of carbonyl (C=O) groups is 1. The summed E-state index contributed by atoms with van der Waals surface area (Å²) in [6.07, 6.45) is 0.951. The van der Waals surface area contributed by atoms with E-state index in [0.717, 1.165) is 34.6 Å². The maximum atomic E-state index is 13.1. The summed E-state index contributed by atoms with van der Waals surface area (Å²) < 4.78 is 11.0. The van der Waals surface area contributed by atoms with E-state index in [1.807, 2.05) is 53.4 Å². The highest BCUT2D eigenvalue weighted by atomic mass is 35.5. The lowest BCUT2D eigenvalue weighted by Crippen LogP contribution is -2.32. The van der Waals surface area contributed by atoms with Gasteiger partial charge in [0, 0.05) is 29.8 Å². The molecule has 1 amide bonds. The Bertz CT molecular complexity index is 1020. The van der Waals surface area contributed by atoms with Gasteiger partial charge in [0.1, 0.15) is 11.4 Å². The van der Waals surface area contributed by atoms with Gasteiger partial charge in [-0.2, -0.15) is 5.10 Å². The first-order valence-corrected chi connectivity index (χ1v) is 10.4. The van der Waals surface area contributed by atoms with Gasteiger partial charge >= 0.3 is 0 Å². The number of fused-ring (bicyclic) bond motifs is 1. The Kier molecular flexibility index (Phi) is 6.06. The first kappa shape index (κ1) is 20.4. The van der Waals surface area contributed by atoms with Crippen LogP contribution in [0.4, 0.5) is 0 Å². The van der Waals surface area contributed by atoms with Gasteiger partial charge in [-0.05, 0) is 36.2 Å². The third-order valence-electron chi connectivity index (χ3n) is 5.19. The fourth-order valence-electron chi connectivity index (χ4n) is 3.76. The number of halogens is 1. The minimum absolute atomic E-state index is 0.0777. The van der Waals surface area contributed by atoms with E-state index in [2.05, 4.69) is 17.1 Å². The van der Waals surface area contributed by atoms with Crippen LogP contribution in [-0.2, 0) is 4.74 Å². The third kappa shape index (κ3) is 3.80. The third-order valence-corrected chi connectivity index (χ3v) is 5.44. The largest absolute Gasteiger partial charge is 0.494 e. The van der Waals surface area contributed by atoms with E-state index in [9.17, 15) is 4.79 Å². The van der Waals surface area contributed by atoms with Crippen LogP contribution in [0, 0.1) is 0 Å². The van der Waals surface area contributed by atoms with Crippen molar-refractivity contribution in [3.63, 3.8) is 0 Å². The van der Waals surface area contributed by atoms with E-state index in [1.165, 1.54) is 0 Å². The molecule has 1 aromatic heterocycles. The molecule has 1 unspecified atom stereocenters. The zero-order valence-electron chi connectivity index (χ0n) is 17.0. The molecule has 0 fully saturated rings. The Hall–Kier alpha value is -2.83. The Balaban J connectivity index is 1.76. The van der Waals surface area contributed by atoms with Crippen molar-refractivity contribution in [1.82, 2.24) is 15.1 Å². The number of nitrogens with one attached hydrogen (secondary N) is 1. The van der Waals surface area contributed by atoms with Crippen LogP contribution in [0.2, 0.25) is 5.02 Å². The molecule has 0 spiro atoms. The quantitative estimate of drug-likeness (QED) is 0.567. The molecule has 2 aromatic carbocycles. The molecule has 1 atom stereocenters. The summed E-state index contributed by atoms with van der Waals surface area (Å²) in [7, 11) is 1.63. The highest BCUT2D eigenvalue weighted by molar-refractivity contribution is 6.30. The normalized spacial score (nSPS) is 15.5. The summed E-state index contributed by atoms with van der Waals surface area (Å²) in [5.74, 6) is 0.741. The molecule has 0 saturated heterocycles. The molecule has 1 aliphatic heterocycles. The molecule has 6 nitrogen and oxygen atoms in total. The molecule has 0 radical (unpaired) electrons. The van der Waals surface area contributed by atoms with Gasteiger partial charge in [-0.3, -0.25) is 9.89 Å². The lowest BCUT2D eigenvalue weighted by molar-refractivity contribution is 0.0677. The van der Waals surface area contributed by atoms with Crippen molar-refractivity contribution >= 4 is 17.5 Å². The van der Waals surface area contributed by atoms with Crippen molar-refractivity contribution < 1.29 is 14.3 Å². The van der Waals surface area contributed by atoms with E-state index < -0.39 is 0 Å². The average Bonchev–Trinajstić information content (AvgIpc) is 3.31. The summed E-state index contributed by atoms with van der Waals surface area (Å²) in [4.78, 5) is 15.0. The van der Waals surface area contributed by atoms with Crippen molar-refractivity contribution in [3.8, 4) is 17.0 Å². The Morgan fingerprint density at radius 2 is 1.83 bits per heavy atom. The highest BCUT2D eigenvalue weighted by Crippen LogP contribution is 2.43. The highest BCUT2D eigenvalue weighted by Gasteiger charge is 2.41. The lowest BCUT2D eigenvalue weighted by Gasteiger charge is -2.26. The van der Waals surface area contributed by atoms with E-state index in [1.54, 1.807) is 7.11 Å². The van der Waals surface area contributed by atoms with Crippen LogP contribution in [0.25, 0.3) is 11.3 Å². The van der Waals surface area contributed by atoms with Gasteiger partial charge in [0.25, 0.3) is 5.91 Å². The van der Waals surface area contributed by atoms with Crippen LogP contribution in [0.1, 0.15) is 41.0 Å². The number of hydrogen-bond donors (Lipinski definition) is 1. The number of carbonyl (C=O) groups excluding carboxylic acids is 1. The van der Waals surface area contributed by atoms with E-state index in [0.29, 0.717) is 30.5 Å². The molecule has 0 bridgehead atoms. The Morgan fingerprint density at radius 1 is 1.10 bits per heavy atom. The number of amides is 1. The molecular weight excluding hydrogens is 402 g/mol. The number of rotatable bonds is 8. The summed E-state index contributed by atoms with van der Waals surface area (Å²) in [6, 6.07) is 15.1. The van der Waals surface area contributed by atoms with Gasteiger partial charge in [-0.1, -0.05) is 42.8 Å². The SMILES string of the molecule is CCCOc1ccc(C2c3c(-c4ccc(Cl)cc4)n[nH]c3C(=O)N2CCOC)cc1. The average molecular weight is 426 g/mol. The van der Waals surface area contributed by atoms with Crippen molar-refractivity contribution in [2.45, 2.75) is 19.4 Å². The van der Waals surface area contributed by atoms with Crippen LogP contribution in [0.3, 0.4) is 0 Å². The van der Waals surface area contributed by atoms with Gasteiger partial charge < -0.3 is 14.4 Å². The number of H-pyrrole nitrogens is 1.